The molecule has 5 rings (SSSR count). The minimum atomic E-state index is -2.30. The Labute approximate surface area is 197 Å². The van der Waals surface area contributed by atoms with Gasteiger partial charge in [-0.2, -0.15) is 5.10 Å². The minimum absolute atomic E-state index is 0.227. The normalized spacial score (nSPS) is 12.2. The van der Waals surface area contributed by atoms with Crippen LogP contribution in [0.1, 0.15) is 17.1 Å². The zero-order valence-corrected chi connectivity index (χ0v) is 19.0. The summed E-state index contributed by atoms with van der Waals surface area (Å²) in [5.74, 6) is 0.733. The number of rotatable bonds is 8. The van der Waals surface area contributed by atoms with Crippen LogP contribution in [0.2, 0.25) is 0 Å². The number of fused-ring (bicyclic) bond motifs is 1. The van der Waals surface area contributed by atoms with Crippen LogP contribution in [0, 0.1) is 6.92 Å². The SMILES string of the molecule is Cc1cccc(-c2[nH]c(CNc3cccc(CNS(=O)[O-])c3)nc2-c2ccc3ncnn3c2)n1. The largest absolute Gasteiger partial charge is 0.760 e. The molecule has 4 aromatic heterocycles. The fourth-order valence-corrected chi connectivity index (χ4v) is 3.94. The van der Waals surface area contributed by atoms with Gasteiger partial charge in [0.2, 0.25) is 0 Å². The fraction of sp³-hybridized carbons (Fsp3) is 0.130. The number of aromatic nitrogens is 6. The van der Waals surface area contributed by atoms with Crippen LogP contribution in [0.25, 0.3) is 28.3 Å². The van der Waals surface area contributed by atoms with Crippen molar-refractivity contribution in [3.63, 3.8) is 0 Å². The van der Waals surface area contributed by atoms with Crippen LogP contribution in [0.4, 0.5) is 5.69 Å². The molecule has 5 aromatic rings. The minimum Gasteiger partial charge on any atom is -0.760 e. The molecule has 0 aliphatic heterocycles. The molecule has 0 bridgehead atoms. The predicted octanol–water partition coefficient (Wildman–Crippen LogP) is 2.99. The number of benzene rings is 1. The second-order valence-electron chi connectivity index (χ2n) is 7.66. The molecule has 0 radical (unpaired) electrons. The molecule has 1 unspecified atom stereocenters. The Morgan fingerprint density at radius 2 is 1.97 bits per heavy atom. The third kappa shape index (κ3) is 4.86. The lowest BCUT2D eigenvalue weighted by Gasteiger charge is -2.09. The first kappa shape index (κ1) is 21.9. The van der Waals surface area contributed by atoms with E-state index in [0.717, 1.165) is 51.1 Å². The van der Waals surface area contributed by atoms with E-state index in [4.69, 9.17) is 4.98 Å². The number of pyridine rings is 2. The maximum absolute atomic E-state index is 10.8. The van der Waals surface area contributed by atoms with Gasteiger partial charge in [0.1, 0.15) is 12.2 Å². The second-order valence-corrected chi connectivity index (χ2v) is 8.42. The number of hydrogen-bond donors (Lipinski definition) is 3. The average molecular weight is 474 g/mol. The standard InChI is InChI=1S/C23H22N8O2S/c1-15-4-2-7-19(28-15)23-22(17-8-9-21-25-14-26-31(21)13-17)29-20(30-23)12-24-18-6-3-5-16(10-18)11-27-34(32)33/h2-10,13-14,24,27H,11-12H2,1H3,(H,29,30)(H,32,33)/p-1. The maximum Gasteiger partial charge on any atom is 0.155 e. The van der Waals surface area contributed by atoms with Crippen LogP contribution >= 0.6 is 0 Å². The van der Waals surface area contributed by atoms with Gasteiger partial charge in [0.25, 0.3) is 0 Å². The first-order chi connectivity index (χ1) is 16.5. The van der Waals surface area contributed by atoms with E-state index in [1.807, 2.05) is 67.7 Å². The van der Waals surface area contributed by atoms with Crippen molar-refractivity contribution in [1.29, 1.82) is 0 Å². The van der Waals surface area contributed by atoms with Gasteiger partial charge in [-0.05, 0) is 48.9 Å². The molecule has 34 heavy (non-hydrogen) atoms. The molecule has 0 fully saturated rings. The Balaban J connectivity index is 1.45. The first-order valence-corrected chi connectivity index (χ1v) is 11.6. The number of nitrogens with zero attached hydrogens (tertiary/aromatic N) is 5. The summed E-state index contributed by atoms with van der Waals surface area (Å²) in [7, 11) is 0. The Morgan fingerprint density at radius 3 is 2.82 bits per heavy atom. The molecular weight excluding hydrogens is 452 g/mol. The van der Waals surface area contributed by atoms with Crippen molar-refractivity contribution >= 4 is 22.6 Å². The topological polar surface area (TPSA) is 136 Å². The summed E-state index contributed by atoms with van der Waals surface area (Å²) in [5, 5.41) is 7.58. The molecule has 0 aliphatic rings. The van der Waals surface area contributed by atoms with E-state index in [1.54, 1.807) is 4.52 Å². The maximum atomic E-state index is 10.8. The highest BCUT2D eigenvalue weighted by Crippen LogP contribution is 2.29. The molecule has 0 amide bonds. The van der Waals surface area contributed by atoms with Crippen LogP contribution in [0.3, 0.4) is 0 Å². The highest BCUT2D eigenvalue weighted by molar-refractivity contribution is 7.77. The van der Waals surface area contributed by atoms with Crippen molar-refractivity contribution < 1.29 is 8.76 Å². The van der Waals surface area contributed by atoms with Crippen molar-refractivity contribution in [2.45, 2.75) is 20.0 Å². The molecule has 0 saturated heterocycles. The van der Waals surface area contributed by atoms with Gasteiger partial charge in [-0.15, -0.1) is 0 Å². The van der Waals surface area contributed by atoms with Crippen LogP contribution in [-0.2, 0) is 24.4 Å². The molecule has 0 spiro atoms. The van der Waals surface area contributed by atoms with E-state index in [0.29, 0.717) is 6.54 Å². The van der Waals surface area contributed by atoms with E-state index in [-0.39, 0.29) is 6.54 Å². The van der Waals surface area contributed by atoms with Crippen LogP contribution in [-0.4, -0.2) is 38.3 Å². The van der Waals surface area contributed by atoms with Gasteiger partial charge in [-0.3, -0.25) is 9.19 Å². The third-order valence-corrected chi connectivity index (χ3v) is 5.61. The van der Waals surface area contributed by atoms with E-state index >= 15 is 0 Å². The zero-order valence-electron chi connectivity index (χ0n) is 18.2. The Hall–Kier alpha value is -3.93. The van der Waals surface area contributed by atoms with Gasteiger partial charge in [0.15, 0.2) is 5.65 Å². The zero-order chi connectivity index (χ0) is 23.5. The lowest BCUT2D eigenvalue weighted by molar-refractivity contribution is 0.522. The van der Waals surface area contributed by atoms with Crippen molar-refractivity contribution in [2.75, 3.05) is 5.32 Å². The first-order valence-electron chi connectivity index (χ1n) is 10.5. The number of imidazole rings is 1. The quantitative estimate of drug-likeness (QED) is 0.295. The molecule has 1 aromatic carbocycles. The van der Waals surface area contributed by atoms with Crippen LogP contribution in [0.15, 0.2) is 67.1 Å². The van der Waals surface area contributed by atoms with E-state index in [2.05, 4.69) is 30.1 Å². The second kappa shape index (κ2) is 9.51. The number of hydrogen-bond acceptors (Lipinski definition) is 7. The number of H-pyrrole nitrogens is 1. The summed E-state index contributed by atoms with van der Waals surface area (Å²) in [4.78, 5) is 17.2. The molecule has 172 valence electrons. The average Bonchev–Trinajstić information content (AvgIpc) is 3.48. The Bertz CT molecular complexity index is 1480. The van der Waals surface area contributed by atoms with Gasteiger partial charge in [0, 0.05) is 41.0 Å². The van der Waals surface area contributed by atoms with E-state index < -0.39 is 11.3 Å². The summed E-state index contributed by atoms with van der Waals surface area (Å²) in [6.45, 7) is 2.62. The van der Waals surface area contributed by atoms with Crippen molar-refractivity contribution in [3.8, 4) is 22.6 Å². The molecule has 11 heteroatoms. The third-order valence-electron chi connectivity index (χ3n) is 5.23. The van der Waals surface area contributed by atoms with Gasteiger partial charge in [-0.25, -0.2) is 19.2 Å². The molecule has 0 saturated carbocycles. The molecule has 10 nitrogen and oxygen atoms in total. The number of aromatic amines is 1. The number of nitrogens with one attached hydrogen (secondary N) is 3. The molecule has 3 N–H and O–H groups in total. The summed E-state index contributed by atoms with van der Waals surface area (Å²) in [6.07, 6.45) is 3.41. The number of aryl methyl sites for hydroxylation is 1. The van der Waals surface area contributed by atoms with Gasteiger partial charge in [0.05, 0.1) is 23.6 Å². The Kier molecular flexibility index (Phi) is 6.12. The molecule has 0 aliphatic carbocycles. The summed E-state index contributed by atoms with van der Waals surface area (Å²) < 4.78 is 25.6. The lowest BCUT2D eigenvalue weighted by Crippen LogP contribution is -2.15. The van der Waals surface area contributed by atoms with E-state index in [1.165, 1.54) is 6.33 Å². The predicted molar refractivity (Wildman–Crippen MR) is 128 cm³/mol. The van der Waals surface area contributed by atoms with Gasteiger partial charge in [-0.1, -0.05) is 18.2 Å². The van der Waals surface area contributed by atoms with Gasteiger partial charge < -0.3 is 14.9 Å². The van der Waals surface area contributed by atoms with Crippen molar-refractivity contribution in [2.24, 2.45) is 0 Å². The monoisotopic (exact) mass is 473 g/mol. The van der Waals surface area contributed by atoms with E-state index in [9.17, 15) is 8.76 Å². The summed E-state index contributed by atoms with van der Waals surface area (Å²) in [5.41, 5.74) is 6.64. The summed E-state index contributed by atoms with van der Waals surface area (Å²) in [6, 6.07) is 17.3. The molecular formula is C23H21N8O2S-. The Morgan fingerprint density at radius 1 is 1.09 bits per heavy atom. The molecule has 1 atom stereocenters. The highest BCUT2D eigenvalue weighted by Gasteiger charge is 2.16. The molecule has 4 heterocycles. The fourth-order valence-electron chi connectivity index (χ4n) is 3.66. The lowest BCUT2D eigenvalue weighted by atomic mass is 10.1. The summed E-state index contributed by atoms with van der Waals surface area (Å²) >= 11 is -2.30. The smallest absolute Gasteiger partial charge is 0.155 e. The highest BCUT2D eigenvalue weighted by atomic mass is 32.2. The van der Waals surface area contributed by atoms with Crippen LogP contribution in [0.5, 0.6) is 0 Å². The van der Waals surface area contributed by atoms with Gasteiger partial charge >= 0.3 is 0 Å². The van der Waals surface area contributed by atoms with Crippen molar-refractivity contribution in [3.05, 3.63) is 84.2 Å². The number of anilines is 1. The van der Waals surface area contributed by atoms with Crippen LogP contribution < -0.4 is 10.0 Å². The van der Waals surface area contributed by atoms with Crippen molar-refractivity contribution in [1.82, 2.24) is 34.3 Å².